The largest absolute Gasteiger partial charge is 0.0918 e. The Morgan fingerprint density at radius 2 is 1.79 bits per heavy atom. The monoisotopic (exact) mass is 286 g/mol. The maximum atomic E-state index is 3.94. The first-order valence-corrected chi connectivity index (χ1v) is 8.59. The van der Waals surface area contributed by atoms with Crippen molar-refractivity contribution in [2.45, 2.75) is 19.8 Å². The van der Waals surface area contributed by atoms with Crippen LogP contribution in [-0.4, -0.2) is 0 Å². The molecule has 0 spiro atoms. The zero-order valence-corrected chi connectivity index (χ0v) is 12.8. The van der Waals surface area contributed by atoms with Gasteiger partial charge < -0.3 is 0 Å². The molecule has 0 fully saturated rings. The number of allylic oxidation sites excluding steroid dienone is 11. The second kappa shape index (κ2) is 7.46. The Hall–Kier alpha value is -1.12. The second-order valence-electron chi connectivity index (χ2n) is 4.36. The van der Waals surface area contributed by atoms with Gasteiger partial charge in [0, 0.05) is 9.81 Å². The van der Waals surface area contributed by atoms with Gasteiger partial charge in [0.25, 0.3) is 0 Å². The molecule has 0 aromatic rings. The van der Waals surface area contributed by atoms with Crippen molar-refractivity contribution in [3.05, 3.63) is 82.2 Å². The van der Waals surface area contributed by atoms with Crippen LogP contribution in [-0.2, 0) is 0 Å². The minimum absolute atomic E-state index is 1.04. The number of hydrogen-bond donors (Lipinski definition) is 0. The molecule has 0 unspecified atom stereocenters. The highest BCUT2D eigenvalue weighted by molar-refractivity contribution is 8.79. The predicted molar refractivity (Wildman–Crippen MR) is 90.9 cm³/mol. The zero-order valence-electron chi connectivity index (χ0n) is 11.1. The fraction of sp³-hybridized carbons (Fsp3) is 0.176. The lowest BCUT2D eigenvalue weighted by Gasteiger charge is -2.00. The Kier molecular flexibility index (Phi) is 5.62. The van der Waals surface area contributed by atoms with Crippen LogP contribution in [0.5, 0.6) is 0 Å². The minimum atomic E-state index is 1.04. The third-order valence-electron chi connectivity index (χ3n) is 2.87. The summed E-state index contributed by atoms with van der Waals surface area (Å²) in [6.45, 7) is 6.14. The molecule has 0 atom stereocenters. The van der Waals surface area contributed by atoms with Crippen LogP contribution in [0.4, 0.5) is 0 Å². The van der Waals surface area contributed by atoms with Crippen molar-refractivity contribution in [3.8, 4) is 0 Å². The van der Waals surface area contributed by atoms with E-state index in [1.165, 1.54) is 15.4 Å². The maximum absolute atomic E-state index is 3.94. The Morgan fingerprint density at radius 1 is 1.00 bits per heavy atom. The Bertz CT molecular complexity index is 525. The fourth-order valence-electron chi connectivity index (χ4n) is 1.69. The van der Waals surface area contributed by atoms with Crippen LogP contribution in [0.25, 0.3) is 0 Å². The third kappa shape index (κ3) is 4.81. The summed E-state index contributed by atoms with van der Waals surface area (Å²) in [5, 5.41) is 0. The van der Waals surface area contributed by atoms with Crippen molar-refractivity contribution in [1.82, 2.24) is 0 Å². The van der Waals surface area contributed by atoms with Crippen molar-refractivity contribution in [3.63, 3.8) is 0 Å². The van der Waals surface area contributed by atoms with E-state index >= 15 is 0 Å². The normalized spacial score (nSPS) is 18.6. The van der Waals surface area contributed by atoms with E-state index in [-0.39, 0.29) is 0 Å². The predicted octanol–water partition coefficient (Wildman–Crippen LogP) is 6.11. The molecule has 2 aliphatic rings. The van der Waals surface area contributed by atoms with Gasteiger partial charge in [0.1, 0.15) is 0 Å². The molecule has 0 nitrogen and oxygen atoms in total. The van der Waals surface area contributed by atoms with E-state index in [9.17, 15) is 0 Å². The SMILES string of the molecule is C=C1C=CC=C(SSC2=CC=C(CC)CC=C2)C=C1. The molecular formula is C17H18S2. The first-order chi connectivity index (χ1) is 9.28. The lowest BCUT2D eigenvalue weighted by Crippen LogP contribution is -1.74. The van der Waals surface area contributed by atoms with E-state index in [1.54, 1.807) is 21.6 Å². The van der Waals surface area contributed by atoms with Gasteiger partial charge >= 0.3 is 0 Å². The van der Waals surface area contributed by atoms with E-state index in [2.05, 4.69) is 62.1 Å². The molecule has 2 rings (SSSR count). The molecule has 0 amide bonds. The minimum Gasteiger partial charge on any atom is -0.0918 e. The summed E-state index contributed by atoms with van der Waals surface area (Å²) in [4.78, 5) is 2.55. The van der Waals surface area contributed by atoms with Gasteiger partial charge in [-0.05, 0) is 36.6 Å². The van der Waals surface area contributed by atoms with Gasteiger partial charge in [-0.15, -0.1) is 0 Å². The number of hydrogen-bond acceptors (Lipinski definition) is 2. The van der Waals surface area contributed by atoms with E-state index < -0.39 is 0 Å². The smallest absolute Gasteiger partial charge is 0.0186 e. The topological polar surface area (TPSA) is 0 Å². The van der Waals surface area contributed by atoms with Crippen LogP contribution in [0.1, 0.15) is 19.8 Å². The molecule has 98 valence electrons. The average Bonchev–Trinajstić information content (AvgIpc) is 2.77. The lowest BCUT2D eigenvalue weighted by atomic mass is 10.1. The van der Waals surface area contributed by atoms with Crippen LogP contribution in [0.3, 0.4) is 0 Å². The second-order valence-corrected chi connectivity index (χ2v) is 6.63. The highest BCUT2D eigenvalue weighted by atomic mass is 33.1. The molecule has 0 N–H and O–H groups in total. The highest BCUT2D eigenvalue weighted by Crippen LogP contribution is 2.39. The summed E-state index contributed by atoms with van der Waals surface area (Å²) in [6.07, 6.45) is 21.5. The Balaban J connectivity index is 1.96. The summed E-state index contributed by atoms with van der Waals surface area (Å²) in [6, 6.07) is 0. The first-order valence-electron chi connectivity index (χ1n) is 6.44. The van der Waals surface area contributed by atoms with Gasteiger partial charge in [-0.3, -0.25) is 0 Å². The summed E-state index contributed by atoms with van der Waals surface area (Å²) in [5.41, 5.74) is 2.53. The lowest BCUT2D eigenvalue weighted by molar-refractivity contribution is 1.03. The van der Waals surface area contributed by atoms with Gasteiger partial charge in [0.2, 0.25) is 0 Å². The summed E-state index contributed by atoms with van der Waals surface area (Å²) in [7, 11) is 3.59. The van der Waals surface area contributed by atoms with Gasteiger partial charge in [-0.1, -0.05) is 77.1 Å². The van der Waals surface area contributed by atoms with Crippen molar-refractivity contribution >= 4 is 21.6 Å². The van der Waals surface area contributed by atoms with Crippen LogP contribution >= 0.6 is 21.6 Å². The fourth-order valence-corrected chi connectivity index (χ4v) is 3.66. The average molecular weight is 286 g/mol. The molecule has 0 aliphatic heterocycles. The van der Waals surface area contributed by atoms with Crippen molar-refractivity contribution < 1.29 is 0 Å². The van der Waals surface area contributed by atoms with E-state index in [0.717, 1.165) is 18.4 Å². The van der Waals surface area contributed by atoms with Crippen LogP contribution < -0.4 is 0 Å². The molecule has 0 aromatic carbocycles. The highest BCUT2D eigenvalue weighted by Gasteiger charge is 2.02. The number of rotatable bonds is 4. The van der Waals surface area contributed by atoms with Gasteiger partial charge in [-0.25, -0.2) is 0 Å². The summed E-state index contributed by atoms with van der Waals surface area (Å²) in [5.74, 6) is 0. The van der Waals surface area contributed by atoms with Crippen LogP contribution in [0.15, 0.2) is 82.2 Å². The van der Waals surface area contributed by atoms with Crippen LogP contribution in [0.2, 0.25) is 0 Å². The van der Waals surface area contributed by atoms with Crippen LogP contribution in [0, 0.1) is 0 Å². The quantitative estimate of drug-likeness (QED) is 0.571. The molecule has 19 heavy (non-hydrogen) atoms. The Morgan fingerprint density at radius 3 is 2.58 bits per heavy atom. The molecule has 0 saturated heterocycles. The van der Waals surface area contributed by atoms with Gasteiger partial charge in [-0.2, -0.15) is 0 Å². The molecule has 0 bridgehead atoms. The molecule has 0 radical (unpaired) electrons. The van der Waals surface area contributed by atoms with Gasteiger partial charge in [0.05, 0.1) is 0 Å². The summed E-state index contributed by atoms with van der Waals surface area (Å²) >= 11 is 0. The molecule has 0 saturated carbocycles. The zero-order chi connectivity index (χ0) is 13.5. The first kappa shape index (κ1) is 14.3. The van der Waals surface area contributed by atoms with E-state index in [4.69, 9.17) is 0 Å². The molecule has 2 heteroatoms. The third-order valence-corrected chi connectivity index (χ3v) is 5.28. The van der Waals surface area contributed by atoms with Crippen molar-refractivity contribution in [2.24, 2.45) is 0 Å². The molecular weight excluding hydrogens is 268 g/mol. The molecule has 2 aliphatic carbocycles. The maximum Gasteiger partial charge on any atom is 0.0186 e. The van der Waals surface area contributed by atoms with Crippen molar-refractivity contribution in [2.75, 3.05) is 0 Å². The van der Waals surface area contributed by atoms with E-state index in [0.29, 0.717) is 0 Å². The standard InChI is InChI=1S/C17H18S2/c1-3-15-7-5-9-17(13-11-15)19-18-16-8-4-6-14(2)10-12-16/h4-6,8-13H,2-3,7H2,1H3. The van der Waals surface area contributed by atoms with Gasteiger partial charge in [0.15, 0.2) is 0 Å². The van der Waals surface area contributed by atoms with E-state index in [1.807, 2.05) is 6.08 Å². The summed E-state index contributed by atoms with van der Waals surface area (Å²) < 4.78 is 0. The Labute approximate surface area is 123 Å². The molecule has 0 aromatic heterocycles. The van der Waals surface area contributed by atoms with Crippen molar-refractivity contribution in [1.29, 1.82) is 0 Å². The molecule has 0 heterocycles.